The second-order valence-electron chi connectivity index (χ2n) is 7.84. The average Bonchev–Trinajstić information content (AvgIpc) is 3.05. The molecule has 1 unspecified atom stereocenters. The Bertz CT molecular complexity index is 1300. The molecule has 0 saturated heterocycles. The Labute approximate surface area is 191 Å². The van der Waals surface area contributed by atoms with Crippen LogP contribution in [0.4, 0.5) is 5.69 Å². The molecule has 0 aliphatic heterocycles. The number of benzene rings is 2. The lowest BCUT2D eigenvalue weighted by Crippen LogP contribution is -2.29. The molecule has 3 aromatic rings. The topological polar surface area (TPSA) is 141 Å². The van der Waals surface area contributed by atoms with Crippen molar-refractivity contribution in [3.63, 3.8) is 0 Å². The lowest BCUT2D eigenvalue weighted by atomic mass is 10.1. The predicted molar refractivity (Wildman–Crippen MR) is 122 cm³/mol. The first-order chi connectivity index (χ1) is 15.4. The minimum atomic E-state index is -3.78. The van der Waals surface area contributed by atoms with Gasteiger partial charge in [-0.25, -0.2) is 13.6 Å². The van der Waals surface area contributed by atoms with Gasteiger partial charge in [0.05, 0.1) is 22.4 Å². The smallest absolute Gasteiger partial charge is 0.312 e. The number of amides is 1. The van der Waals surface area contributed by atoms with Gasteiger partial charge in [0, 0.05) is 12.6 Å². The molecule has 11 heteroatoms. The number of hydrogen-bond acceptors (Lipinski definition) is 6. The van der Waals surface area contributed by atoms with Gasteiger partial charge in [0.25, 0.3) is 5.91 Å². The third kappa shape index (κ3) is 5.10. The SMILES string of the molecule is Cc1nn(Cc2ccc(C(=O)N(C)C(C)c3ccc(S(N)(=O)=O)cc3)cc2)c(C)c1[N+](=O)[O-]. The van der Waals surface area contributed by atoms with Gasteiger partial charge in [-0.3, -0.25) is 19.6 Å². The Morgan fingerprint density at radius 1 is 1.15 bits per heavy atom. The van der Waals surface area contributed by atoms with Crippen molar-refractivity contribution in [2.75, 3.05) is 7.05 Å². The van der Waals surface area contributed by atoms with Crippen molar-refractivity contribution < 1.29 is 18.1 Å². The lowest BCUT2D eigenvalue weighted by molar-refractivity contribution is -0.386. The largest absolute Gasteiger partial charge is 0.335 e. The summed E-state index contributed by atoms with van der Waals surface area (Å²) in [5.41, 5.74) is 2.93. The maximum Gasteiger partial charge on any atom is 0.312 e. The minimum absolute atomic E-state index is 0.00880. The molecule has 10 nitrogen and oxygen atoms in total. The molecule has 0 aliphatic rings. The Balaban J connectivity index is 1.73. The summed E-state index contributed by atoms with van der Waals surface area (Å²) in [6.07, 6.45) is 0. The molecule has 0 saturated carbocycles. The van der Waals surface area contributed by atoms with Gasteiger partial charge < -0.3 is 4.90 Å². The predicted octanol–water partition coefficient (Wildman–Crippen LogP) is 2.94. The summed E-state index contributed by atoms with van der Waals surface area (Å²) in [6.45, 7) is 5.44. The van der Waals surface area contributed by atoms with E-state index in [-0.39, 0.29) is 22.5 Å². The van der Waals surface area contributed by atoms with E-state index in [1.54, 1.807) is 66.9 Å². The average molecular weight is 472 g/mol. The van der Waals surface area contributed by atoms with Gasteiger partial charge in [0.15, 0.2) is 0 Å². The quantitative estimate of drug-likeness (QED) is 0.415. The van der Waals surface area contributed by atoms with Crippen LogP contribution < -0.4 is 5.14 Å². The Hall–Kier alpha value is -3.57. The molecule has 1 aromatic heterocycles. The van der Waals surface area contributed by atoms with Crippen LogP contribution in [0.1, 0.15) is 45.8 Å². The first-order valence-electron chi connectivity index (χ1n) is 10.1. The first kappa shape index (κ1) is 24.1. The Morgan fingerprint density at radius 2 is 1.73 bits per heavy atom. The van der Waals surface area contributed by atoms with Crippen LogP contribution in [0.2, 0.25) is 0 Å². The molecule has 1 atom stereocenters. The summed E-state index contributed by atoms with van der Waals surface area (Å²) in [7, 11) is -2.11. The van der Waals surface area contributed by atoms with Crippen molar-refractivity contribution in [2.24, 2.45) is 5.14 Å². The molecule has 1 heterocycles. The van der Waals surface area contributed by atoms with E-state index < -0.39 is 14.9 Å². The second-order valence-corrected chi connectivity index (χ2v) is 9.40. The van der Waals surface area contributed by atoms with E-state index in [2.05, 4.69) is 5.10 Å². The van der Waals surface area contributed by atoms with Crippen molar-refractivity contribution in [1.82, 2.24) is 14.7 Å². The van der Waals surface area contributed by atoms with E-state index in [0.29, 0.717) is 23.5 Å². The summed E-state index contributed by atoms with van der Waals surface area (Å²) in [5.74, 6) is -0.202. The first-order valence-corrected chi connectivity index (χ1v) is 11.6. The van der Waals surface area contributed by atoms with Gasteiger partial charge in [0.1, 0.15) is 11.4 Å². The molecular weight excluding hydrogens is 446 g/mol. The summed E-state index contributed by atoms with van der Waals surface area (Å²) in [6, 6.07) is 12.8. The van der Waals surface area contributed by atoms with Gasteiger partial charge in [-0.15, -0.1) is 0 Å². The molecule has 174 valence electrons. The fourth-order valence-electron chi connectivity index (χ4n) is 3.57. The van der Waals surface area contributed by atoms with E-state index in [9.17, 15) is 23.3 Å². The summed E-state index contributed by atoms with van der Waals surface area (Å²) < 4.78 is 24.4. The molecular formula is C22H25N5O5S. The van der Waals surface area contributed by atoms with E-state index in [4.69, 9.17) is 5.14 Å². The zero-order valence-corrected chi connectivity index (χ0v) is 19.5. The summed E-state index contributed by atoms with van der Waals surface area (Å²) in [4.78, 5) is 25.3. The molecule has 33 heavy (non-hydrogen) atoms. The van der Waals surface area contributed by atoms with Crippen LogP contribution in [-0.2, 0) is 16.6 Å². The standard InChI is InChI=1S/C22H25N5O5S/c1-14-21(27(29)30)16(3)26(24-14)13-17-5-7-19(8-6-17)22(28)25(4)15(2)18-9-11-20(12-10-18)33(23,31)32/h5-12,15H,13H2,1-4H3,(H2,23,31,32). The summed E-state index contributed by atoms with van der Waals surface area (Å²) in [5, 5.41) is 20.6. The molecule has 2 aromatic carbocycles. The van der Waals surface area contributed by atoms with Crippen LogP contribution >= 0.6 is 0 Å². The third-order valence-electron chi connectivity index (χ3n) is 5.65. The number of nitro groups is 1. The fourth-order valence-corrected chi connectivity index (χ4v) is 4.09. The van der Waals surface area contributed by atoms with Gasteiger partial charge in [-0.1, -0.05) is 24.3 Å². The highest BCUT2D eigenvalue weighted by Crippen LogP contribution is 2.24. The number of aromatic nitrogens is 2. The van der Waals surface area contributed by atoms with Crippen molar-refractivity contribution in [2.45, 2.75) is 38.3 Å². The third-order valence-corrected chi connectivity index (χ3v) is 6.58. The molecule has 1 amide bonds. The number of nitrogens with zero attached hydrogens (tertiary/aromatic N) is 4. The molecule has 0 radical (unpaired) electrons. The number of carbonyl (C=O) groups is 1. The highest BCUT2D eigenvalue weighted by Gasteiger charge is 2.22. The molecule has 0 aliphatic carbocycles. The lowest BCUT2D eigenvalue weighted by Gasteiger charge is -2.25. The number of sulfonamides is 1. The van der Waals surface area contributed by atoms with Crippen molar-refractivity contribution in [3.05, 3.63) is 86.7 Å². The van der Waals surface area contributed by atoms with Gasteiger partial charge >= 0.3 is 5.69 Å². The van der Waals surface area contributed by atoms with Crippen LogP contribution in [0, 0.1) is 24.0 Å². The van der Waals surface area contributed by atoms with Gasteiger partial charge in [-0.2, -0.15) is 5.10 Å². The molecule has 3 rings (SSSR count). The molecule has 0 spiro atoms. The van der Waals surface area contributed by atoms with Crippen LogP contribution in [0.25, 0.3) is 0 Å². The highest BCUT2D eigenvalue weighted by atomic mass is 32.2. The van der Waals surface area contributed by atoms with Crippen LogP contribution in [0.3, 0.4) is 0 Å². The number of nitrogens with two attached hydrogens (primary N) is 1. The van der Waals surface area contributed by atoms with Crippen molar-refractivity contribution in [1.29, 1.82) is 0 Å². The van der Waals surface area contributed by atoms with Crippen molar-refractivity contribution >= 4 is 21.6 Å². The van der Waals surface area contributed by atoms with E-state index in [1.165, 1.54) is 12.1 Å². The second kappa shape index (κ2) is 9.12. The van der Waals surface area contributed by atoms with Gasteiger partial charge in [0.2, 0.25) is 10.0 Å². The zero-order chi connectivity index (χ0) is 24.5. The number of hydrogen-bond donors (Lipinski definition) is 1. The van der Waals surface area contributed by atoms with E-state index in [0.717, 1.165) is 11.1 Å². The van der Waals surface area contributed by atoms with Crippen LogP contribution in [0.5, 0.6) is 0 Å². The maximum atomic E-state index is 12.9. The monoisotopic (exact) mass is 471 g/mol. The Kier molecular flexibility index (Phi) is 6.65. The Morgan fingerprint density at radius 3 is 2.21 bits per heavy atom. The molecule has 0 fully saturated rings. The van der Waals surface area contributed by atoms with Crippen molar-refractivity contribution in [3.8, 4) is 0 Å². The number of rotatable bonds is 7. The summed E-state index contributed by atoms with van der Waals surface area (Å²) >= 11 is 0. The highest BCUT2D eigenvalue weighted by molar-refractivity contribution is 7.89. The fraction of sp³-hybridized carbons (Fsp3) is 0.273. The minimum Gasteiger partial charge on any atom is -0.335 e. The number of aryl methyl sites for hydroxylation is 1. The van der Waals surface area contributed by atoms with Gasteiger partial charge in [-0.05, 0) is 56.2 Å². The van der Waals surface area contributed by atoms with Crippen LogP contribution in [-0.4, -0.2) is 41.0 Å². The van der Waals surface area contributed by atoms with E-state index in [1.807, 2.05) is 6.92 Å². The number of primary sulfonamides is 1. The van der Waals surface area contributed by atoms with Crippen LogP contribution in [0.15, 0.2) is 53.4 Å². The zero-order valence-electron chi connectivity index (χ0n) is 18.7. The molecule has 2 N–H and O–H groups in total. The maximum absolute atomic E-state index is 12.9. The molecule has 0 bridgehead atoms. The van der Waals surface area contributed by atoms with E-state index >= 15 is 0 Å². The normalized spacial score (nSPS) is 12.4. The number of carbonyl (C=O) groups excluding carboxylic acids is 1.